The van der Waals surface area contributed by atoms with Crippen LogP contribution in [-0.2, 0) is 0 Å². The summed E-state index contributed by atoms with van der Waals surface area (Å²) in [6, 6.07) is 0. The van der Waals surface area contributed by atoms with Gasteiger partial charge in [-0.1, -0.05) is 106 Å². The number of hydrogen-bond acceptors (Lipinski definition) is 1. The predicted molar refractivity (Wildman–Crippen MR) is 118 cm³/mol. The second kappa shape index (κ2) is 16.6. The molecule has 0 unspecified atom stereocenters. The van der Waals surface area contributed by atoms with Crippen molar-refractivity contribution in [1.29, 1.82) is 0 Å². The quantitative estimate of drug-likeness (QED) is 0.257. The van der Waals surface area contributed by atoms with Crippen molar-refractivity contribution in [2.24, 2.45) is 5.41 Å². The molecule has 0 saturated carbocycles. The van der Waals surface area contributed by atoms with Gasteiger partial charge in [0.1, 0.15) is 0 Å². The van der Waals surface area contributed by atoms with Crippen LogP contribution in [0.3, 0.4) is 0 Å². The van der Waals surface area contributed by atoms with Gasteiger partial charge in [-0.25, -0.2) is 0 Å². The van der Waals surface area contributed by atoms with E-state index in [0.29, 0.717) is 0 Å². The Hall–Kier alpha value is -1.86. The Bertz CT molecular complexity index is 524. The summed E-state index contributed by atoms with van der Waals surface area (Å²) in [6.07, 6.45) is 31.7. The number of rotatable bonds is 14. The third-order valence-electron chi connectivity index (χ3n) is 3.70. The van der Waals surface area contributed by atoms with Crippen molar-refractivity contribution in [3.63, 3.8) is 0 Å². The van der Waals surface area contributed by atoms with E-state index in [-0.39, 0.29) is 12.0 Å². The van der Waals surface area contributed by atoms with E-state index in [1.807, 2.05) is 26.0 Å². The minimum atomic E-state index is -0.0940. The van der Waals surface area contributed by atoms with Gasteiger partial charge in [0, 0.05) is 6.61 Å². The Morgan fingerprint density at radius 2 is 1.23 bits per heavy atom. The summed E-state index contributed by atoms with van der Waals surface area (Å²) in [5.41, 5.74) is 0.952. The van der Waals surface area contributed by atoms with Gasteiger partial charge >= 0.3 is 0 Å². The van der Waals surface area contributed by atoms with Crippen molar-refractivity contribution in [3.05, 3.63) is 85.1 Å². The molecule has 1 nitrogen and oxygen atoms in total. The lowest BCUT2D eigenvalue weighted by Crippen LogP contribution is -2.16. The van der Waals surface area contributed by atoms with Crippen LogP contribution in [0, 0.1) is 5.41 Å². The van der Waals surface area contributed by atoms with Crippen LogP contribution < -0.4 is 0 Å². The molecular weight excluding hydrogens is 316 g/mol. The Kier molecular flexibility index (Phi) is 15.4. The van der Waals surface area contributed by atoms with E-state index in [4.69, 9.17) is 0 Å². The highest BCUT2D eigenvalue weighted by molar-refractivity contribution is 5.20. The van der Waals surface area contributed by atoms with Crippen molar-refractivity contribution in [2.45, 2.75) is 59.3 Å². The molecule has 0 atom stereocenters. The fraction of sp³-hybridized carbons (Fsp3) is 0.440. The van der Waals surface area contributed by atoms with Gasteiger partial charge in [0.05, 0.1) is 0 Å². The van der Waals surface area contributed by atoms with Crippen LogP contribution in [0.15, 0.2) is 85.1 Å². The minimum Gasteiger partial charge on any atom is -0.396 e. The molecule has 0 fully saturated rings. The molecule has 0 saturated heterocycles. The van der Waals surface area contributed by atoms with Crippen LogP contribution >= 0.6 is 0 Å². The zero-order valence-electron chi connectivity index (χ0n) is 17.0. The first-order chi connectivity index (χ1) is 12.5. The summed E-state index contributed by atoms with van der Waals surface area (Å²) < 4.78 is 0. The first-order valence-corrected chi connectivity index (χ1v) is 9.73. The van der Waals surface area contributed by atoms with Crippen LogP contribution in [0.5, 0.6) is 0 Å². The Morgan fingerprint density at radius 3 is 1.69 bits per heavy atom. The summed E-state index contributed by atoms with van der Waals surface area (Å²) >= 11 is 0. The predicted octanol–water partition coefficient (Wildman–Crippen LogP) is 7.26. The normalized spacial score (nSPS) is 13.7. The zero-order chi connectivity index (χ0) is 19.5. The molecule has 144 valence electrons. The summed E-state index contributed by atoms with van der Waals surface area (Å²) in [5, 5.41) is 9.26. The van der Waals surface area contributed by atoms with Gasteiger partial charge in [-0.05, 0) is 43.9 Å². The number of aliphatic hydroxyl groups is 1. The summed E-state index contributed by atoms with van der Waals surface area (Å²) in [5.74, 6) is 0. The average Bonchev–Trinajstić information content (AvgIpc) is 2.61. The van der Waals surface area contributed by atoms with Crippen molar-refractivity contribution in [3.8, 4) is 0 Å². The molecule has 1 heteroatoms. The molecule has 0 aromatic carbocycles. The fourth-order valence-corrected chi connectivity index (χ4v) is 2.23. The molecule has 0 aliphatic rings. The van der Waals surface area contributed by atoms with Gasteiger partial charge in [-0.15, -0.1) is 0 Å². The highest BCUT2D eigenvalue weighted by atomic mass is 16.3. The van der Waals surface area contributed by atoms with Gasteiger partial charge in [-0.2, -0.15) is 0 Å². The summed E-state index contributed by atoms with van der Waals surface area (Å²) in [6.45, 7) is 10.5. The lowest BCUT2D eigenvalue weighted by atomic mass is 9.87. The van der Waals surface area contributed by atoms with Gasteiger partial charge in [0.2, 0.25) is 0 Å². The molecule has 0 heterocycles. The lowest BCUT2D eigenvalue weighted by molar-refractivity contribution is 0.160. The third-order valence-corrected chi connectivity index (χ3v) is 3.70. The molecule has 26 heavy (non-hydrogen) atoms. The van der Waals surface area contributed by atoms with Crippen LogP contribution in [0.25, 0.3) is 0 Å². The van der Waals surface area contributed by atoms with Crippen molar-refractivity contribution in [2.75, 3.05) is 6.61 Å². The zero-order valence-corrected chi connectivity index (χ0v) is 17.0. The second-order valence-electron chi connectivity index (χ2n) is 7.18. The topological polar surface area (TPSA) is 20.2 Å². The molecule has 0 aliphatic carbocycles. The van der Waals surface area contributed by atoms with Crippen LogP contribution in [0.1, 0.15) is 59.3 Å². The van der Waals surface area contributed by atoms with Crippen molar-refractivity contribution < 1.29 is 5.11 Å². The first-order valence-electron chi connectivity index (χ1n) is 9.73. The van der Waals surface area contributed by atoms with E-state index >= 15 is 0 Å². The molecule has 0 bridgehead atoms. The minimum absolute atomic E-state index is 0.0940. The van der Waals surface area contributed by atoms with Crippen molar-refractivity contribution in [1.82, 2.24) is 0 Å². The van der Waals surface area contributed by atoms with E-state index in [1.165, 1.54) is 0 Å². The van der Waals surface area contributed by atoms with Crippen LogP contribution in [-0.4, -0.2) is 11.7 Å². The number of allylic oxidation sites excluding steroid dienone is 13. The van der Waals surface area contributed by atoms with Crippen LogP contribution in [0.4, 0.5) is 0 Å². The Labute approximate surface area is 161 Å². The smallest absolute Gasteiger partial charge is 0.0485 e. The van der Waals surface area contributed by atoms with Gasteiger partial charge in [0.15, 0.2) is 0 Å². The first kappa shape index (κ1) is 24.1. The van der Waals surface area contributed by atoms with E-state index in [0.717, 1.165) is 44.1 Å². The van der Waals surface area contributed by atoms with Crippen LogP contribution in [0.2, 0.25) is 0 Å². The lowest BCUT2D eigenvalue weighted by Gasteiger charge is -2.21. The summed E-state index contributed by atoms with van der Waals surface area (Å²) in [4.78, 5) is 0. The Morgan fingerprint density at radius 1 is 0.769 bits per heavy atom. The largest absolute Gasteiger partial charge is 0.396 e. The molecule has 0 aromatic heterocycles. The standard InChI is InChI=1S/C25H38O/c1-5-6-7-8-9-10-11-12-13-14-15-16-17-18-19-20-21-24(2)22-25(3,4)23-26/h6-7,9-10,12-13,15-16,18-21,26H,2,5,8,11,14,17,22-23H2,1,3-4H3/b7-6-,10-9-,13-12-,16-15-,19-18-,21-20?. The second-order valence-corrected chi connectivity index (χ2v) is 7.18. The molecule has 0 radical (unpaired) electrons. The third kappa shape index (κ3) is 17.0. The fourth-order valence-electron chi connectivity index (χ4n) is 2.23. The summed E-state index contributed by atoms with van der Waals surface area (Å²) in [7, 11) is 0. The molecule has 0 rings (SSSR count). The number of aliphatic hydroxyl groups excluding tert-OH is 1. The number of hydrogen-bond donors (Lipinski definition) is 1. The van der Waals surface area contributed by atoms with Gasteiger partial charge in [0.25, 0.3) is 0 Å². The molecular formula is C25H38O. The molecule has 0 aliphatic heterocycles. The van der Waals surface area contributed by atoms with Gasteiger partial charge < -0.3 is 5.11 Å². The maximum Gasteiger partial charge on any atom is 0.0485 e. The molecule has 0 amide bonds. The monoisotopic (exact) mass is 354 g/mol. The average molecular weight is 355 g/mol. The maximum absolute atomic E-state index is 9.26. The van der Waals surface area contributed by atoms with E-state index < -0.39 is 0 Å². The molecule has 1 N–H and O–H groups in total. The van der Waals surface area contributed by atoms with Gasteiger partial charge in [-0.3, -0.25) is 0 Å². The van der Waals surface area contributed by atoms with E-state index in [2.05, 4.69) is 74.3 Å². The maximum atomic E-state index is 9.26. The highest BCUT2D eigenvalue weighted by Gasteiger charge is 2.16. The van der Waals surface area contributed by atoms with Crippen molar-refractivity contribution >= 4 is 0 Å². The molecule has 0 aromatic rings. The van der Waals surface area contributed by atoms with E-state index in [9.17, 15) is 5.11 Å². The molecule has 0 spiro atoms. The SMILES string of the molecule is C=C(C=C/C=C\C/C=C\C/C=C\C/C=C\C/C=C\CC)CC(C)(C)CO. The Balaban J connectivity index is 3.78. The highest BCUT2D eigenvalue weighted by Crippen LogP contribution is 2.23. The van der Waals surface area contributed by atoms with E-state index in [1.54, 1.807) is 0 Å².